The summed E-state index contributed by atoms with van der Waals surface area (Å²) in [6.07, 6.45) is 3.20. The lowest BCUT2D eigenvalue weighted by atomic mass is 9.68. The van der Waals surface area contributed by atoms with E-state index in [9.17, 15) is 4.79 Å². The molecule has 2 fully saturated rings. The van der Waals surface area contributed by atoms with Crippen LogP contribution in [0.1, 0.15) is 30.7 Å². The number of rotatable bonds is 3. The van der Waals surface area contributed by atoms with Crippen LogP contribution in [0.2, 0.25) is 0 Å². The zero-order chi connectivity index (χ0) is 15.6. The van der Waals surface area contributed by atoms with Gasteiger partial charge in [0.1, 0.15) is 0 Å². The van der Waals surface area contributed by atoms with Gasteiger partial charge in [-0.2, -0.15) is 0 Å². The first kappa shape index (κ1) is 15.5. The number of likely N-dealkylation sites (tertiary alicyclic amines) is 2. The maximum atomic E-state index is 12.6. The molecule has 2 aliphatic heterocycles. The Kier molecular flexibility index (Phi) is 4.50. The highest BCUT2D eigenvalue weighted by molar-refractivity contribution is 5.84. The summed E-state index contributed by atoms with van der Waals surface area (Å²) in [4.78, 5) is 16.9. The summed E-state index contributed by atoms with van der Waals surface area (Å²) in [5, 5.41) is 9.09. The van der Waals surface area contributed by atoms with E-state index in [1.165, 1.54) is 0 Å². The molecule has 1 aromatic rings. The number of hydrogen-bond donors (Lipinski definition) is 1. The average molecular weight is 302 g/mol. The smallest absolute Gasteiger partial charge is 0.229 e. The molecule has 2 heterocycles. The highest BCUT2D eigenvalue weighted by atomic mass is 16.3. The lowest BCUT2D eigenvalue weighted by Gasteiger charge is -2.49. The lowest BCUT2D eigenvalue weighted by Crippen LogP contribution is -2.53. The second-order valence-corrected chi connectivity index (χ2v) is 6.93. The zero-order valence-electron chi connectivity index (χ0n) is 13.4. The molecule has 2 saturated heterocycles. The van der Waals surface area contributed by atoms with Gasteiger partial charge in [0.2, 0.25) is 5.91 Å². The Morgan fingerprint density at radius 1 is 1.23 bits per heavy atom. The molecule has 3 rings (SSSR count). The van der Waals surface area contributed by atoms with Gasteiger partial charge >= 0.3 is 0 Å². The van der Waals surface area contributed by atoms with Gasteiger partial charge in [0.05, 0.1) is 12.5 Å². The Bertz CT molecular complexity index is 509. The summed E-state index contributed by atoms with van der Waals surface area (Å²) in [6.45, 7) is 3.95. The second-order valence-electron chi connectivity index (χ2n) is 6.93. The van der Waals surface area contributed by atoms with Crippen LogP contribution in [0, 0.1) is 5.41 Å². The number of carbonyl (C=O) groups is 1. The van der Waals surface area contributed by atoms with Crippen LogP contribution >= 0.6 is 0 Å². The average Bonchev–Trinajstić information content (AvgIpc) is 2.54. The number of piperidine rings is 2. The van der Waals surface area contributed by atoms with Gasteiger partial charge in [0.15, 0.2) is 0 Å². The van der Waals surface area contributed by atoms with Crippen LogP contribution in [0.25, 0.3) is 0 Å². The Morgan fingerprint density at radius 2 is 1.91 bits per heavy atom. The molecule has 0 saturated carbocycles. The quantitative estimate of drug-likeness (QED) is 0.924. The number of carbonyl (C=O) groups excluding carboxylic acids is 1. The molecule has 0 bridgehead atoms. The third-order valence-corrected chi connectivity index (χ3v) is 5.42. The van der Waals surface area contributed by atoms with Crippen LogP contribution in [-0.2, 0) is 4.79 Å². The van der Waals surface area contributed by atoms with E-state index in [2.05, 4.69) is 17.0 Å². The molecule has 1 spiro atoms. The van der Waals surface area contributed by atoms with Crippen molar-refractivity contribution in [2.45, 2.75) is 25.2 Å². The van der Waals surface area contributed by atoms with Crippen molar-refractivity contribution in [2.24, 2.45) is 5.41 Å². The standard InChI is InChI=1S/C18H26N2O2/c1-19-14-18(7-9-20(10-8-18)11-12-21)13-16(17(19)22)15-5-3-2-4-6-15/h2-6,16,21H,7-14H2,1H3/t16-/m1/s1. The molecular formula is C18H26N2O2. The molecule has 0 unspecified atom stereocenters. The highest BCUT2D eigenvalue weighted by Gasteiger charge is 2.44. The van der Waals surface area contributed by atoms with Crippen LogP contribution in [0.5, 0.6) is 0 Å². The Morgan fingerprint density at radius 3 is 2.55 bits per heavy atom. The predicted octanol–water partition coefficient (Wildman–Crippen LogP) is 1.71. The first-order valence-corrected chi connectivity index (χ1v) is 8.27. The summed E-state index contributed by atoms with van der Waals surface area (Å²) >= 11 is 0. The molecule has 1 amide bonds. The maximum absolute atomic E-state index is 12.6. The third kappa shape index (κ3) is 3.03. The van der Waals surface area contributed by atoms with E-state index in [0.29, 0.717) is 0 Å². The number of aliphatic hydroxyl groups excluding tert-OH is 1. The summed E-state index contributed by atoms with van der Waals surface area (Å²) in [5.74, 6) is 0.263. The van der Waals surface area contributed by atoms with Crippen LogP contribution in [0.15, 0.2) is 30.3 Å². The summed E-state index contributed by atoms with van der Waals surface area (Å²) in [5.41, 5.74) is 1.39. The lowest BCUT2D eigenvalue weighted by molar-refractivity contribution is -0.139. The minimum absolute atomic E-state index is 0.00402. The van der Waals surface area contributed by atoms with Gasteiger partial charge in [-0.1, -0.05) is 30.3 Å². The third-order valence-electron chi connectivity index (χ3n) is 5.42. The fraction of sp³-hybridized carbons (Fsp3) is 0.611. The van der Waals surface area contributed by atoms with Gasteiger partial charge < -0.3 is 14.9 Å². The summed E-state index contributed by atoms with van der Waals surface area (Å²) in [7, 11) is 1.94. The van der Waals surface area contributed by atoms with Crippen LogP contribution in [0.4, 0.5) is 0 Å². The molecule has 2 aliphatic rings. The normalized spacial score (nSPS) is 25.6. The van der Waals surface area contributed by atoms with Gasteiger partial charge in [-0.15, -0.1) is 0 Å². The van der Waals surface area contributed by atoms with Gasteiger partial charge in [0.25, 0.3) is 0 Å². The fourth-order valence-electron chi connectivity index (χ4n) is 4.13. The fourth-order valence-corrected chi connectivity index (χ4v) is 4.13. The van der Waals surface area contributed by atoms with E-state index >= 15 is 0 Å². The molecule has 120 valence electrons. The minimum atomic E-state index is 0.00402. The Hall–Kier alpha value is -1.39. The van der Waals surface area contributed by atoms with Crippen molar-refractivity contribution in [3.05, 3.63) is 35.9 Å². The molecule has 0 aromatic heterocycles. The summed E-state index contributed by atoms with van der Waals surface area (Å²) < 4.78 is 0. The molecule has 1 N–H and O–H groups in total. The largest absolute Gasteiger partial charge is 0.395 e. The SMILES string of the molecule is CN1CC2(CCN(CCO)CC2)C[C@H](c2ccccc2)C1=O. The molecule has 1 aromatic carbocycles. The van der Waals surface area contributed by atoms with Crippen LogP contribution in [0.3, 0.4) is 0 Å². The number of amides is 1. The van der Waals surface area contributed by atoms with E-state index in [1.807, 2.05) is 30.1 Å². The Balaban J connectivity index is 1.76. The number of likely N-dealkylation sites (N-methyl/N-ethyl adjacent to an activating group) is 1. The molecule has 22 heavy (non-hydrogen) atoms. The van der Waals surface area contributed by atoms with E-state index < -0.39 is 0 Å². The van der Waals surface area contributed by atoms with Crippen molar-refractivity contribution >= 4 is 5.91 Å². The van der Waals surface area contributed by atoms with Crippen molar-refractivity contribution in [2.75, 3.05) is 39.8 Å². The van der Waals surface area contributed by atoms with Crippen molar-refractivity contribution < 1.29 is 9.90 Å². The number of aliphatic hydroxyl groups is 1. The molecule has 1 atom stereocenters. The molecule has 0 radical (unpaired) electrons. The van der Waals surface area contributed by atoms with Gasteiger partial charge in [0, 0.05) is 20.1 Å². The van der Waals surface area contributed by atoms with E-state index in [1.54, 1.807) is 0 Å². The minimum Gasteiger partial charge on any atom is -0.395 e. The van der Waals surface area contributed by atoms with Crippen molar-refractivity contribution in [3.63, 3.8) is 0 Å². The van der Waals surface area contributed by atoms with Gasteiger partial charge in [-0.25, -0.2) is 0 Å². The molecular weight excluding hydrogens is 276 g/mol. The first-order valence-electron chi connectivity index (χ1n) is 8.27. The number of β-amino-alcohol motifs (C(OH)–C–C–N with tert-alkyl or cyclic N) is 1. The first-order chi connectivity index (χ1) is 10.6. The van der Waals surface area contributed by atoms with Crippen molar-refractivity contribution in [1.29, 1.82) is 0 Å². The second kappa shape index (κ2) is 6.39. The molecule has 4 nitrogen and oxygen atoms in total. The number of nitrogens with zero attached hydrogens (tertiary/aromatic N) is 2. The van der Waals surface area contributed by atoms with Crippen LogP contribution in [-0.4, -0.2) is 60.6 Å². The van der Waals surface area contributed by atoms with Crippen LogP contribution < -0.4 is 0 Å². The topological polar surface area (TPSA) is 43.8 Å². The van der Waals surface area contributed by atoms with Gasteiger partial charge in [-0.3, -0.25) is 4.79 Å². The van der Waals surface area contributed by atoms with E-state index in [0.717, 1.165) is 51.0 Å². The van der Waals surface area contributed by atoms with Crippen molar-refractivity contribution in [1.82, 2.24) is 9.80 Å². The maximum Gasteiger partial charge on any atom is 0.229 e. The molecule has 0 aliphatic carbocycles. The molecule has 4 heteroatoms. The highest BCUT2D eigenvalue weighted by Crippen LogP contribution is 2.45. The Labute approximate surface area is 132 Å². The summed E-state index contributed by atoms with van der Waals surface area (Å²) in [6, 6.07) is 10.2. The van der Waals surface area contributed by atoms with Crippen molar-refractivity contribution in [3.8, 4) is 0 Å². The van der Waals surface area contributed by atoms with Gasteiger partial charge in [-0.05, 0) is 43.3 Å². The number of hydrogen-bond acceptors (Lipinski definition) is 3. The van der Waals surface area contributed by atoms with E-state index in [4.69, 9.17) is 5.11 Å². The number of benzene rings is 1. The zero-order valence-corrected chi connectivity index (χ0v) is 13.4. The van der Waals surface area contributed by atoms with E-state index in [-0.39, 0.29) is 23.8 Å². The monoisotopic (exact) mass is 302 g/mol. The predicted molar refractivity (Wildman–Crippen MR) is 86.6 cm³/mol.